The third-order valence-electron chi connectivity index (χ3n) is 6.05. The molecule has 166 valence electrons. The Kier molecular flexibility index (Phi) is 8.13. The van der Waals surface area contributed by atoms with Crippen LogP contribution in [0.25, 0.3) is 11.1 Å². The number of morpholine rings is 1. The van der Waals surface area contributed by atoms with Crippen LogP contribution in [-0.2, 0) is 11.2 Å². The summed E-state index contributed by atoms with van der Waals surface area (Å²) in [6.07, 6.45) is 1.90. The predicted molar refractivity (Wildman–Crippen MR) is 133 cm³/mol. The van der Waals surface area contributed by atoms with Gasteiger partial charge in [-0.15, -0.1) is 0 Å². The minimum atomic E-state index is 0.705. The fraction of sp³-hybridized carbons (Fsp3) is 0.310. The van der Waals surface area contributed by atoms with E-state index in [9.17, 15) is 0 Å². The number of allylic oxidation sites excluding steroid dienone is 2. The first-order chi connectivity index (χ1) is 15.8. The van der Waals surface area contributed by atoms with Crippen molar-refractivity contribution in [2.45, 2.75) is 19.8 Å². The Morgan fingerprint density at radius 3 is 2.06 bits per heavy atom. The summed E-state index contributed by atoms with van der Waals surface area (Å²) in [5, 5.41) is 0. The topological polar surface area (TPSA) is 21.7 Å². The summed E-state index contributed by atoms with van der Waals surface area (Å²) >= 11 is 0. The summed E-state index contributed by atoms with van der Waals surface area (Å²) in [5.74, 6) is 0.929. The Morgan fingerprint density at radius 1 is 0.781 bits per heavy atom. The van der Waals surface area contributed by atoms with E-state index in [1.165, 1.54) is 27.8 Å². The molecule has 32 heavy (non-hydrogen) atoms. The number of benzene rings is 3. The van der Waals surface area contributed by atoms with Gasteiger partial charge in [-0.25, -0.2) is 0 Å². The second-order valence-corrected chi connectivity index (χ2v) is 8.17. The lowest BCUT2D eigenvalue weighted by Crippen LogP contribution is -2.38. The van der Waals surface area contributed by atoms with E-state index in [1.807, 2.05) is 0 Å². The zero-order valence-electron chi connectivity index (χ0n) is 19.0. The van der Waals surface area contributed by atoms with E-state index >= 15 is 0 Å². The molecular formula is C29H33NO2. The van der Waals surface area contributed by atoms with Crippen molar-refractivity contribution in [3.63, 3.8) is 0 Å². The lowest BCUT2D eigenvalue weighted by Gasteiger charge is -2.26. The fourth-order valence-electron chi connectivity index (χ4n) is 4.28. The summed E-state index contributed by atoms with van der Waals surface area (Å²) in [6, 6.07) is 30.1. The molecule has 1 fully saturated rings. The van der Waals surface area contributed by atoms with Crippen molar-refractivity contribution in [3.05, 3.63) is 102 Å². The normalized spacial score (nSPS) is 15.3. The maximum Gasteiger partial charge on any atom is 0.119 e. The van der Waals surface area contributed by atoms with Crippen molar-refractivity contribution in [2.75, 3.05) is 39.5 Å². The van der Waals surface area contributed by atoms with Gasteiger partial charge in [0.15, 0.2) is 0 Å². The third kappa shape index (κ3) is 6.09. The van der Waals surface area contributed by atoms with Crippen LogP contribution in [-0.4, -0.2) is 44.4 Å². The highest BCUT2D eigenvalue weighted by atomic mass is 16.5. The van der Waals surface area contributed by atoms with Crippen molar-refractivity contribution in [2.24, 2.45) is 0 Å². The number of hydrogen-bond donors (Lipinski definition) is 0. The molecule has 1 saturated heterocycles. The molecule has 0 spiro atoms. The molecule has 1 aliphatic rings. The van der Waals surface area contributed by atoms with Crippen LogP contribution in [0.5, 0.6) is 5.75 Å². The standard InChI is InChI=1S/C29H33NO2/c1-2-28(25-11-7-4-8-12-25)29(23-24-9-5-3-6-10-24)26-13-15-27(16-14-26)32-22-19-30-17-20-31-21-18-30/h3-16H,2,17-23H2,1H3/b29-28+. The first kappa shape index (κ1) is 22.3. The molecule has 0 amide bonds. The number of ether oxygens (including phenoxy) is 2. The van der Waals surface area contributed by atoms with Gasteiger partial charge in [-0.2, -0.15) is 0 Å². The lowest BCUT2D eigenvalue weighted by atomic mass is 9.89. The fourth-order valence-corrected chi connectivity index (χ4v) is 4.28. The van der Waals surface area contributed by atoms with E-state index in [2.05, 4.69) is 96.8 Å². The smallest absolute Gasteiger partial charge is 0.119 e. The first-order valence-electron chi connectivity index (χ1n) is 11.7. The molecule has 0 saturated carbocycles. The van der Waals surface area contributed by atoms with Gasteiger partial charge < -0.3 is 9.47 Å². The van der Waals surface area contributed by atoms with Gasteiger partial charge in [0, 0.05) is 19.6 Å². The van der Waals surface area contributed by atoms with E-state index < -0.39 is 0 Å². The third-order valence-corrected chi connectivity index (χ3v) is 6.05. The Bertz CT molecular complexity index is 975. The minimum Gasteiger partial charge on any atom is -0.492 e. The van der Waals surface area contributed by atoms with E-state index in [-0.39, 0.29) is 0 Å². The molecule has 0 N–H and O–H groups in total. The summed E-state index contributed by atoms with van der Waals surface area (Å²) < 4.78 is 11.5. The Balaban J connectivity index is 1.53. The van der Waals surface area contributed by atoms with Gasteiger partial charge in [-0.05, 0) is 52.8 Å². The van der Waals surface area contributed by atoms with Crippen LogP contribution in [0.3, 0.4) is 0 Å². The van der Waals surface area contributed by atoms with Crippen molar-refractivity contribution in [1.82, 2.24) is 4.90 Å². The van der Waals surface area contributed by atoms with Gasteiger partial charge in [0.1, 0.15) is 12.4 Å². The second kappa shape index (κ2) is 11.7. The van der Waals surface area contributed by atoms with E-state index in [0.717, 1.165) is 51.4 Å². The number of rotatable bonds is 9. The highest BCUT2D eigenvalue weighted by Gasteiger charge is 2.13. The van der Waals surface area contributed by atoms with Gasteiger partial charge in [-0.1, -0.05) is 79.7 Å². The van der Waals surface area contributed by atoms with Gasteiger partial charge in [0.05, 0.1) is 13.2 Å². The van der Waals surface area contributed by atoms with E-state index in [1.54, 1.807) is 0 Å². The SMILES string of the molecule is CC/C(=C(/Cc1ccccc1)c1ccc(OCCN2CCOCC2)cc1)c1ccccc1. The Hall–Kier alpha value is -2.88. The second-order valence-electron chi connectivity index (χ2n) is 8.17. The summed E-state index contributed by atoms with van der Waals surface area (Å²) in [6.45, 7) is 7.54. The van der Waals surface area contributed by atoms with Crippen LogP contribution in [0.2, 0.25) is 0 Å². The van der Waals surface area contributed by atoms with Crippen molar-refractivity contribution in [1.29, 1.82) is 0 Å². The number of nitrogens with zero attached hydrogens (tertiary/aromatic N) is 1. The minimum absolute atomic E-state index is 0.705. The molecule has 1 aliphatic heterocycles. The first-order valence-corrected chi connectivity index (χ1v) is 11.7. The van der Waals surface area contributed by atoms with Crippen LogP contribution in [0.1, 0.15) is 30.0 Å². The molecule has 0 aliphatic carbocycles. The van der Waals surface area contributed by atoms with E-state index in [0.29, 0.717) is 6.61 Å². The van der Waals surface area contributed by atoms with Crippen molar-refractivity contribution in [3.8, 4) is 5.75 Å². The molecule has 3 heteroatoms. The molecule has 0 bridgehead atoms. The maximum absolute atomic E-state index is 6.03. The van der Waals surface area contributed by atoms with Crippen LogP contribution in [0, 0.1) is 0 Å². The summed E-state index contributed by atoms with van der Waals surface area (Å²) in [4.78, 5) is 2.39. The van der Waals surface area contributed by atoms with Crippen LogP contribution < -0.4 is 4.74 Å². The van der Waals surface area contributed by atoms with Gasteiger partial charge in [0.2, 0.25) is 0 Å². The molecule has 3 aromatic rings. The average molecular weight is 428 g/mol. The monoisotopic (exact) mass is 427 g/mol. The molecule has 0 atom stereocenters. The van der Waals surface area contributed by atoms with Gasteiger partial charge >= 0.3 is 0 Å². The van der Waals surface area contributed by atoms with Gasteiger partial charge in [0.25, 0.3) is 0 Å². The maximum atomic E-state index is 6.03. The average Bonchev–Trinajstić information content (AvgIpc) is 2.86. The number of hydrogen-bond acceptors (Lipinski definition) is 3. The summed E-state index contributed by atoms with van der Waals surface area (Å²) in [7, 11) is 0. The van der Waals surface area contributed by atoms with Crippen molar-refractivity contribution >= 4 is 11.1 Å². The zero-order chi connectivity index (χ0) is 22.0. The van der Waals surface area contributed by atoms with Crippen LogP contribution >= 0.6 is 0 Å². The lowest BCUT2D eigenvalue weighted by molar-refractivity contribution is 0.0322. The highest BCUT2D eigenvalue weighted by Crippen LogP contribution is 2.32. The zero-order valence-corrected chi connectivity index (χ0v) is 19.0. The molecule has 3 nitrogen and oxygen atoms in total. The molecule has 4 rings (SSSR count). The predicted octanol–water partition coefficient (Wildman–Crippen LogP) is 5.96. The molecular weight excluding hydrogens is 394 g/mol. The Morgan fingerprint density at radius 2 is 1.41 bits per heavy atom. The largest absolute Gasteiger partial charge is 0.492 e. The Labute approximate surface area is 192 Å². The molecule has 0 radical (unpaired) electrons. The molecule has 0 unspecified atom stereocenters. The van der Waals surface area contributed by atoms with Crippen molar-refractivity contribution < 1.29 is 9.47 Å². The summed E-state index contributed by atoms with van der Waals surface area (Å²) in [5.41, 5.74) is 6.66. The van der Waals surface area contributed by atoms with E-state index in [4.69, 9.17) is 9.47 Å². The van der Waals surface area contributed by atoms with Crippen LogP contribution in [0.4, 0.5) is 0 Å². The quantitative estimate of drug-likeness (QED) is 0.393. The molecule has 0 aromatic heterocycles. The van der Waals surface area contributed by atoms with Crippen LogP contribution in [0.15, 0.2) is 84.9 Å². The molecule has 3 aromatic carbocycles. The van der Waals surface area contributed by atoms with Gasteiger partial charge in [-0.3, -0.25) is 4.90 Å². The molecule has 1 heterocycles. The highest BCUT2D eigenvalue weighted by molar-refractivity contribution is 5.91.